The number of hydrogen-bond donors (Lipinski definition) is 1. The number of nitrogens with zero attached hydrogens (tertiary/aromatic N) is 2. The molecule has 3 aromatic rings. The summed E-state index contributed by atoms with van der Waals surface area (Å²) in [5.74, 6) is -1.50. The predicted molar refractivity (Wildman–Crippen MR) is 111 cm³/mol. The molecule has 150 valence electrons. The minimum Gasteiger partial charge on any atom is -0.449 e. The Morgan fingerprint density at radius 2 is 1.79 bits per heavy atom. The second kappa shape index (κ2) is 8.26. The molecule has 1 atom stereocenters. The topological polar surface area (TPSA) is 71.5 Å². The van der Waals surface area contributed by atoms with Crippen LogP contribution in [0.1, 0.15) is 23.0 Å². The molecule has 7 heteroatoms. The molecule has 1 amide bonds. The van der Waals surface area contributed by atoms with E-state index in [1.807, 2.05) is 31.1 Å². The fraction of sp³-hybridized carbons (Fsp3) is 0.227. The number of aryl methyl sites for hydroxylation is 1. The summed E-state index contributed by atoms with van der Waals surface area (Å²) in [6.45, 7) is 3.14. The third kappa shape index (κ3) is 4.68. The number of ether oxygens (including phenoxy) is 1. The van der Waals surface area contributed by atoms with Gasteiger partial charge in [0.2, 0.25) is 0 Å². The maximum atomic E-state index is 13.4. The van der Waals surface area contributed by atoms with Gasteiger partial charge in [-0.3, -0.25) is 9.78 Å². The van der Waals surface area contributed by atoms with Gasteiger partial charge in [-0.05, 0) is 56.3 Å². The van der Waals surface area contributed by atoms with Crippen molar-refractivity contribution in [2.75, 3.05) is 24.3 Å². The largest absolute Gasteiger partial charge is 0.449 e. The number of anilines is 2. The summed E-state index contributed by atoms with van der Waals surface area (Å²) in [5, 5.41) is 3.34. The van der Waals surface area contributed by atoms with E-state index in [0.717, 1.165) is 5.69 Å². The molecule has 0 saturated heterocycles. The summed E-state index contributed by atoms with van der Waals surface area (Å²) < 4.78 is 18.7. The van der Waals surface area contributed by atoms with Crippen LogP contribution < -0.4 is 10.2 Å². The molecule has 0 saturated carbocycles. The molecule has 1 N–H and O–H groups in total. The molecule has 0 aliphatic rings. The number of rotatable bonds is 5. The standard InChI is InChI=1S/C22H22FN3O3/c1-13-19(11-15-5-6-16(23)12-20(15)24-13)22(28)29-14(2)21(27)25-17-7-9-18(10-8-17)26(3)4/h5-12,14H,1-4H3,(H,25,27). The number of benzene rings is 2. The number of fused-ring (bicyclic) bond motifs is 1. The van der Waals surface area contributed by atoms with E-state index in [1.165, 1.54) is 19.1 Å². The molecule has 0 spiro atoms. The zero-order valence-corrected chi connectivity index (χ0v) is 16.7. The fourth-order valence-electron chi connectivity index (χ4n) is 2.81. The van der Waals surface area contributed by atoms with E-state index in [0.29, 0.717) is 22.3 Å². The molecule has 0 aliphatic carbocycles. The molecule has 1 unspecified atom stereocenters. The van der Waals surface area contributed by atoms with Crippen molar-refractivity contribution in [3.63, 3.8) is 0 Å². The Bertz CT molecular complexity index is 1060. The van der Waals surface area contributed by atoms with Crippen LogP contribution in [0.15, 0.2) is 48.5 Å². The average molecular weight is 395 g/mol. The van der Waals surface area contributed by atoms with E-state index in [4.69, 9.17) is 4.74 Å². The first kappa shape index (κ1) is 20.3. The van der Waals surface area contributed by atoms with Gasteiger partial charge in [-0.2, -0.15) is 0 Å². The number of esters is 1. The van der Waals surface area contributed by atoms with Crippen LogP contribution >= 0.6 is 0 Å². The summed E-state index contributed by atoms with van der Waals surface area (Å²) in [5.41, 5.74) is 2.70. The highest BCUT2D eigenvalue weighted by Gasteiger charge is 2.21. The molecule has 0 bridgehead atoms. The molecular formula is C22H22FN3O3. The summed E-state index contributed by atoms with van der Waals surface area (Å²) >= 11 is 0. The number of halogens is 1. The van der Waals surface area contributed by atoms with Crippen molar-refractivity contribution in [3.8, 4) is 0 Å². The fourth-order valence-corrected chi connectivity index (χ4v) is 2.81. The third-order valence-corrected chi connectivity index (χ3v) is 4.49. The van der Waals surface area contributed by atoms with Gasteiger partial charge in [0, 0.05) is 36.9 Å². The predicted octanol–water partition coefficient (Wildman–Crippen LogP) is 3.93. The number of carbonyl (C=O) groups is 2. The van der Waals surface area contributed by atoms with Crippen LogP contribution in [0.5, 0.6) is 0 Å². The first-order valence-electron chi connectivity index (χ1n) is 9.11. The number of pyridine rings is 1. The van der Waals surface area contributed by atoms with E-state index in [2.05, 4.69) is 10.3 Å². The van der Waals surface area contributed by atoms with Gasteiger partial charge in [-0.1, -0.05) is 0 Å². The Morgan fingerprint density at radius 3 is 2.45 bits per heavy atom. The Balaban J connectivity index is 1.69. The molecule has 0 radical (unpaired) electrons. The molecular weight excluding hydrogens is 373 g/mol. The average Bonchev–Trinajstić information content (AvgIpc) is 2.67. The summed E-state index contributed by atoms with van der Waals surface area (Å²) in [6, 6.07) is 13.0. The Kier molecular flexibility index (Phi) is 5.77. The van der Waals surface area contributed by atoms with E-state index >= 15 is 0 Å². The molecule has 0 fully saturated rings. The minimum absolute atomic E-state index is 0.235. The quantitative estimate of drug-likeness (QED) is 0.663. The van der Waals surface area contributed by atoms with Crippen LogP contribution in [-0.2, 0) is 9.53 Å². The molecule has 2 aromatic carbocycles. The Hall–Kier alpha value is -3.48. The highest BCUT2D eigenvalue weighted by molar-refractivity contribution is 5.99. The number of hydrogen-bond acceptors (Lipinski definition) is 5. The smallest absolute Gasteiger partial charge is 0.340 e. The Labute approximate surface area is 168 Å². The van der Waals surface area contributed by atoms with Gasteiger partial charge in [0.1, 0.15) is 5.82 Å². The van der Waals surface area contributed by atoms with Gasteiger partial charge in [0.15, 0.2) is 6.10 Å². The molecule has 6 nitrogen and oxygen atoms in total. The summed E-state index contributed by atoms with van der Waals surface area (Å²) in [7, 11) is 3.85. The van der Waals surface area contributed by atoms with Crippen molar-refractivity contribution < 1.29 is 18.7 Å². The third-order valence-electron chi connectivity index (χ3n) is 4.49. The van der Waals surface area contributed by atoms with Crippen molar-refractivity contribution in [2.24, 2.45) is 0 Å². The van der Waals surface area contributed by atoms with Crippen LogP contribution in [0, 0.1) is 12.7 Å². The second-order valence-corrected chi connectivity index (χ2v) is 6.94. The van der Waals surface area contributed by atoms with Crippen molar-refractivity contribution >= 4 is 34.2 Å². The number of aromatic nitrogens is 1. The number of amides is 1. The summed E-state index contributed by atoms with van der Waals surface area (Å²) in [4.78, 5) is 31.1. The van der Waals surface area contributed by atoms with Gasteiger partial charge in [-0.15, -0.1) is 0 Å². The molecule has 29 heavy (non-hydrogen) atoms. The molecule has 0 aliphatic heterocycles. The maximum Gasteiger partial charge on any atom is 0.340 e. The van der Waals surface area contributed by atoms with Crippen molar-refractivity contribution in [1.29, 1.82) is 0 Å². The second-order valence-electron chi connectivity index (χ2n) is 6.94. The highest BCUT2D eigenvalue weighted by Crippen LogP contribution is 2.20. The van der Waals surface area contributed by atoms with Crippen molar-refractivity contribution in [2.45, 2.75) is 20.0 Å². The van der Waals surface area contributed by atoms with Crippen molar-refractivity contribution in [3.05, 3.63) is 65.6 Å². The van der Waals surface area contributed by atoms with Crippen LogP contribution in [0.3, 0.4) is 0 Å². The zero-order valence-electron chi connectivity index (χ0n) is 16.7. The SMILES string of the molecule is Cc1nc2cc(F)ccc2cc1C(=O)OC(C)C(=O)Nc1ccc(N(C)C)cc1. The van der Waals surface area contributed by atoms with Crippen LogP contribution in [0.2, 0.25) is 0 Å². The molecule has 1 heterocycles. The zero-order chi connectivity index (χ0) is 21.1. The lowest BCUT2D eigenvalue weighted by molar-refractivity contribution is -0.123. The molecule has 1 aromatic heterocycles. The normalized spacial score (nSPS) is 11.8. The van der Waals surface area contributed by atoms with E-state index in [1.54, 1.807) is 31.2 Å². The minimum atomic E-state index is -1.00. The van der Waals surface area contributed by atoms with Gasteiger partial charge in [0.05, 0.1) is 16.8 Å². The molecule has 3 rings (SSSR count). The van der Waals surface area contributed by atoms with Gasteiger partial charge in [-0.25, -0.2) is 9.18 Å². The number of carbonyl (C=O) groups excluding carboxylic acids is 2. The lowest BCUT2D eigenvalue weighted by Crippen LogP contribution is -2.30. The van der Waals surface area contributed by atoms with E-state index in [9.17, 15) is 14.0 Å². The Morgan fingerprint density at radius 1 is 1.10 bits per heavy atom. The van der Waals surface area contributed by atoms with Gasteiger partial charge < -0.3 is 15.0 Å². The van der Waals surface area contributed by atoms with Crippen molar-refractivity contribution in [1.82, 2.24) is 4.98 Å². The lowest BCUT2D eigenvalue weighted by atomic mass is 10.1. The maximum absolute atomic E-state index is 13.4. The monoisotopic (exact) mass is 395 g/mol. The van der Waals surface area contributed by atoms with Gasteiger partial charge in [0.25, 0.3) is 5.91 Å². The van der Waals surface area contributed by atoms with Crippen LogP contribution in [0.25, 0.3) is 10.9 Å². The van der Waals surface area contributed by atoms with Crippen LogP contribution in [0.4, 0.5) is 15.8 Å². The van der Waals surface area contributed by atoms with E-state index in [-0.39, 0.29) is 5.56 Å². The number of nitrogens with one attached hydrogen (secondary N) is 1. The first-order chi connectivity index (χ1) is 13.7. The lowest BCUT2D eigenvalue weighted by Gasteiger charge is -2.16. The van der Waals surface area contributed by atoms with E-state index < -0.39 is 23.8 Å². The summed E-state index contributed by atoms with van der Waals surface area (Å²) in [6.07, 6.45) is -1.00. The highest BCUT2D eigenvalue weighted by atomic mass is 19.1. The van der Waals surface area contributed by atoms with Gasteiger partial charge >= 0.3 is 5.97 Å². The van der Waals surface area contributed by atoms with Crippen LogP contribution in [-0.4, -0.2) is 37.1 Å². The first-order valence-corrected chi connectivity index (χ1v) is 9.11.